The van der Waals surface area contributed by atoms with E-state index in [2.05, 4.69) is 21.2 Å². The van der Waals surface area contributed by atoms with Crippen molar-refractivity contribution in [3.05, 3.63) is 33.1 Å². The molecule has 1 aromatic carbocycles. The summed E-state index contributed by atoms with van der Waals surface area (Å²) < 4.78 is 6.13. The molecule has 0 bridgehead atoms. The molecule has 5 nitrogen and oxygen atoms in total. The van der Waals surface area contributed by atoms with Crippen LogP contribution in [0.5, 0.6) is 5.75 Å². The third-order valence-electron chi connectivity index (χ3n) is 2.25. The fourth-order valence-corrected chi connectivity index (χ4v) is 2.99. The van der Waals surface area contributed by atoms with Gasteiger partial charge < -0.3 is 15.2 Å². The lowest BCUT2D eigenvalue weighted by atomic mass is 10.2. The number of hydrogen-bond donors (Lipinski definition) is 2. The Bertz CT molecular complexity index is 630. The van der Waals surface area contributed by atoms with Crippen LogP contribution < -0.4 is 10.1 Å². The fourth-order valence-electron chi connectivity index (χ4n) is 1.44. The maximum absolute atomic E-state index is 11.5. The monoisotopic (exact) mass is 373 g/mol. The van der Waals surface area contributed by atoms with Gasteiger partial charge in [0.25, 0.3) is 5.91 Å². The first-order chi connectivity index (χ1) is 9.45. The lowest BCUT2D eigenvalue weighted by Crippen LogP contribution is -2.17. The van der Waals surface area contributed by atoms with Gasteiger partial charge in [-0.05, 0) is 39.7 Å². The van der Waals surface area contributed by atoms with Crippen LogP contribution >= 0.6 is 39.9 Å². The van der Waals surface area contributed by atoms with Crippen molar-refractivity contribution in [1.82, 2.24) is 5.32 Å². The summed E-state index contributed by atoms with van der Waals surface area (Å²) in [7, 11) is 0. The minimum absolute atomic E-state index is 0.220. The Morgan fingerprint density at radius 2 is 2.30 bits per heavy atom. The highest BCUT2D eigenvalue weighted by molar-refractivity contribution is 9.10. The van der Waals surface area contributed by atoms with E-state index in [4.69, 9.17) is 22.1 Å². The van der Waals surface area contributed by atoms with Gasteiger partial charge >= 0.3 is 5.97 Å². The average molecular weight is 374 g/mol. The number of nitrogens with one attached hydrogen (secondary N) is 1. The van der Waals surface area contributed by atoms with Gasteiger partial charge in [-0.3, -0.25) is 4.79 Å². The number of halogens is 1. The largest absolute Gasteiger partial charge is 0.481 e. The van der Waals surface area contributed by atoms with Crippen LogP contribution in [0.4, 0.5) is 0 Å². The van der Waals surface area contributed by atoms with Crippen molar-refractivity contribution in [2.45, 2.75) is 0 Å². The lowest BCUT2D eigenvalue weighted by Gasteiger charge is -2.06. The number of carbonyl (C=O) groups excluding carboxylic acids is 1. The molecule has 1 aliphatic rings. The first kappa shape index (κ1) is 15.0. The average Bonchev–Trinajstić information content (AvgIpc) is 2.66. The molecule has 104 valence electrons. The lowest BCUT2D eigenvalue weighted by molar-refractivity contribution is -0.139. The van der Waals surface area contributed by atoms with Crippen molar-refractivity contribution in [3.8, 4) is 5.75 Å². The summed E-state index contributed by atoms with van der Waals surface area (Å²) >= 11 is 9.39. The van der Waals surface area contributed by atoms with Gasteiger partial charge in [0.2, 0.25) is 0 Å². The van der Waals surface area contributed by atoms with Crippen LogP contribution in [-0.2, 0) is 9.59 Å². The maximum atomic E-state index is 11.5. The summed E-state index contributed by atoms with van der Waals surface area (Å²) in [6, 6.07) is 5.10. The molecular formula is C12H8BrNO4S2. The van der Waals surface area contributed by atoms with Gasteiger partial charge in [-0.1, -0.05) is 30.0 Å². The van der Waals surface area contributed by atoms with Gasteiger partial charge in [-0.25, -0.2) is 4.79 Å². The molecule has 20 heavy (non-hydrogen) atoms. The second-order valence-electron chi connectivity index (χ2n) is 3.72. The van der Waals surface area contributed by atoms with Crippen LogP contribution in [0.2, 0.25) is 0 Å². The van der Waals surface area contributed by atoms with Crippen molar-refractivity contribution in [1.29, 1.82) is 0 Å². The van der Waals surface area contributed by atoms with E-state index in [9.17, 15) is 9.59 Å². The van der Waals surface area contributed by atoms with E-state index in [1.54, 1.807) is 24.3 Å². The molecule has 1 aromatic rings. The molecular weight excluding hydrogens is 366 g/mol. The van der Waals surface area contributed by atoms with Gasteiger partial charge in [0.1, 0.15) is 10.1 Å². The van der Waals surface area contributed by atoms with Crippen molar-refractivity contribution in [3.63, 3.8) is 0 Å². The molecule has 0 spiro atoms. The maximum Gasteiger partial charge on any atom is 0.341 e. The third kappa shape index (κ3) is 3.81. The topological polar surface area (TPSA) is 75.6 Å². The molecule has 1 aliphatic heterocycles. The van der Waals surface area contributed by atoms with Crippen molar-refractivity contribution >= 4 is 62.2 Å². The predicted molar refractivity (Wildman–Crippen MR) is 83.6 cm³/mol. The zero-order valence-corrected chi connectivity index (χ0v) is 13.1. The van der Waals surface area contributed by atoms with Gasteiger partial charge in [-0.2, -0.15) is 0 Å². The smallest absolute Gasteiger partial charge is 0.341 e. The predicted octanol–water partition coefficient (Wildman–Crippen LogP) is 2.40. The summed E-state index contributed by atoms with van der Waals surface area (Å²) in [5, 5.41) is 11.1. The molecule has 0 aliphatic carbocycles. The molecule has 0 unspecified atom stereocenters. The molecule has 8 heteroatoms. The summed E-state index contributed by atoms with van der Waals surface area (Å²) in [6.45, 7) is -0.411. The number of amides is 1. The van der Waals surface area contributed by atoms with Gasteiger partial charge in [0.15, 0.2) is 6.61 Å². The van der Waals surface area contributed by atoms with Crippen LogP contribution in [0.15, 0.2) is 27.6 Å². The number of thioether (sulfide) groups is 1. The first-order valence-electron chi connectivity index (χ1n) is 5.34. The summed E-state index contributed by atoms with van der Waals surface area (Å²) in [5.74, 6) is -0.841. The quantitative estimate of drug-likeness (QED) is 0.623. The zero-order valence-electron chi connectivity index (χ0n) is 9.88. The number of carbonyl (C=O) groups is 2. The number of rotatable bonds is 4. The van der Waals surface area contributed by atoms with Crippen molar-refractivity contribution in [2.75, 3.05) is 6.61 Å². The Kier molecular flexibility index (Phi) is 4.79. The van der Waals surface area contributed by atoms with E-state index in [1.807, 2.05) is 0 Å². The fraction of sp³-hybridized carbons (Fsp3) is 0.0833. The highest BCUT2D eigenvalue weighted by Crippen LogP contribution is 2.30. The molecule has 0 aromatic heterocycles. The third-order valence-corrected chi connectivity index (χ3v) is 4.03. The van der Waals surface area contributed by atoms with Crippen LogP contribution in [0, 0.1) is 0 Å². The van der Waals surface area contributed by atoms with E-state index in [-0.39, 0.29) is 5.91 Å². The van der Waals surface area contributed by atoms with E-state index >= 15 is 0 Å². The second kappa shape index (κ2) is 6.38. The van der Waals surface area contributed by atoms with Gasteiger partial charge in [0, 0.05) is 0 Å². The minimum Gasteiger partial charge on any atom is -0.481 e. The number of hydrogen-bond acceptors (Lipinski definition) is 5. The van der Waals surface area contributed by atoms with E-state index in [0.717, 1.165) is 5.56 Å². The van der Waals surface area contributed by atoms with Crippen LogP contribution in [0.25, 0.3) is 6.08 Å². The summed E-state index contributed by atoms with van der Waals surface area (Å²) in [6.07, 6.45) is 1.70. The van der Waals surface area contributed by atoms with E-state index in [1.165, 1.54) is 11.8 Å². The highest BCUT2D eigenvalue weighted by Gasteiger charge is 2.21. The highest BCUT2D eigenvalue weighted by atomic mass is 79.9. The SMILES string of the molecule is O=C(O)COc1ccc(/C=C2\SC(=S)NC2=O)cc1Br. The van der Waals surface area contributed by atoms with Gasteiger partial charge in [0.05, 0.1) is 9.38 Å². The molecule has 0 radical (unpaired) electrons. The molecule has 0 atom stereocenters. The zero-order chi connectivity index (χ0) is 14.7. The molecule has 1 heterocycles. The Balaban J connectivity index is 2.17. The Hall–Kier alpha value is -1.38. The van der Waals surface area contributed by atoms with Crippen LogP contribution in [-0.4, -0.2) is 27.9 Å². The molecule has 1 fully saturated rings. The number of ether oxygens (including phenoxy) is 1. The minimum atomic E-state index is -1.05. The van der Waals surface area contributed by atoms with E-state index in [0.29, 0.717) is 19.4 Å². The molecule has 2 N–H and O–H groups in total. The number of thiocarbonyl (C=S) groups is 1. The first-order valence-corrected chi connectivity index (χ1v) is 7.36. The molecule has 2 rings (SSSR count). The van der Waals surface area contributed by atoms with Gasteiger partial charge in [-0.15, -0.1) is 0 Å². The number of aliphatic carboxylic acids is 1. The Morgan fingerprint density at radius 1 is 1.55 bits per heavy atom. The van der Waals surface area contributed by atoms with Crippen molar-refractivity contribution < 1.29 is 19.4 Å². The number of carboxylic acid groups (broad SMARTS) is 1. The molecule has 1 saturated heterocycles. The number of benzene rings is 1. The standard InChI is InChI=1S/C12H8BrNO4S2/c13-7-3-6(1-2-8(7)18-5-10(15)16)4-9-11(17)14-12(19)20-9/h1-4H,5H2,(H,15,16)(H,14,17,19)/b9-4-. The van der Waals surface area contributed by atoms with E-state index < -0.39 is 12.6 Å². The molecule has 0 saturated carbocycles. The summed E-state index contributed by atoms with van der Waals surface area (Å²) in [4.78, 5) is 22.5. The Labute approximate surface area is 132 Å². The summed E-state index contributed by atoms with van der Waals surface area (Å²) in [5.41, 5.74) is 0.780. The Morgan fingerprint density at radius 3 is 2.85 bits per heavy atom. The van der Waals surface area contributed by atoms with Crippen molar-refractivity contribution in [2.24, 2.45) is 0 Å². The second-order valence-corrected chi connectivity index (χ2v) is 6.30. The normalized spacial score (nSPS) is 16.4. The van der Waals surface area contributed by atoms with Crippen LogP contribution in [0.3, 0.4) is 0 Å². The molecule has 1 amide bonds. The van der Waals surface area contributed by atoms with Crippen LogP contribution in [0.1, 0.15) is 5.56 Å². The number of carboxylic acids is 1.